The number of carbonyl (C=O) groups is 2. The van der Waals surface area contributed by atoms with E-state index in [1.807, 2.05) is 53.4 Å². The van der Waals surface area contributed by atoms with Gasteiger partial charge in [0.05, 0.1) is 6.04 Å². The monoisotopic (exact) mass is 430 g/mol. The molecular formula is C23H22Cl2NO3-. The van der Waals surface area contributed by atoms with E-state index < -0.39 is 11.9 Å². The van der Waals surface area contributed by atoms with Crippen LogP contribution in [0.3, 0.4) is 0 Å². The summed E-state index contributed by atoms with van der Waals surface area (Å²) in [4.78, 5) is 26.5. The van der Waals surface area contributed by atoms with Gasteiger partial charge in [0.15, 0.2) is 0 Å². The molecule has 1 saturated heterocycles. The van der Waals surface area contributed by atoms with Crippen molar-refractivity contribution in [1.82, 2.24) is 4.90 Å². The second-order valence-electron chi connectivity index (χ2n) is 8.10. The van der Waals surface area contributed by atoms with Crippen LogP contribution in [0, 0.1) is 11.8 Å². The van der Waals surface area contributed by atoms with Crippen LogP contribution in [0.2, 0.25) is 10.0 Å². The van der Waals surface area contributed by atoms with Gasteiger partial charge in [-0.15, -0.1) is 0 Å². The minimum atomic E-state index is -1.19. The van der Waals surface area contributed by atoms with Gasteiger partial charge in [-0.05, 0) is 67.0 Å². The Morgan fingerprint density at radius 3 is 2.38 bits per heavy atom. The second kappa shape index (κ2) is 8.37. The first-order valence-corrected chi connectivity index (χ1v) is 10.7. The molecule has 2 aliphatic rings. The number of hydrogen-bond donors (Lipinski definition) is 0. The Labute approximate surface area is 180 Å². The van der Waals surface area contributed by atoms with Crippen LogP contribution in [-0.4, -0.2) is 23.3 Å². The zero-order chi connectivity index (χ0) is 20.5. The van der Waals surface area contributed by atoms with Gasteiger partial charge in [0, 0.05) is 34.4 Å². The van der Waals surface area contributed by atoms with Crippen molar-refractivity contribution >= 4 is 35.1 Å². The molecule has 6 heteroatoms. The van der Waals surface area contributed by atoms with Crippen molar-refractivity contribution < 1.29 is 14.7 Å². The van der Waals surface area contributed by atoms with Gasteiger partial charge in [-0.2, -0.15) is 0 Å². The number of halogens is 2. The highest BCUT2D eigenvalue weighted by molar-refractivity contribution is 6.30. The number of carboxylic acid groups (broad SMARTS) is 1. The number of piperidine rings is 1. The molecule has 29 heavy (non-hydrogen) atoms. The molecule has 4 nitrogen and oxygen atoms in total. The second-order valence-corrected chi connectivity index (χ2v) is 8.97. The summed E-state index contributed by atoms with van der Waals surface area (Å²) in [6.45, 7) is 0.646. The molecule has 1 amide bonds. The summed E-state index contributed by atoms with van der Waals surface area (Å²) < 4.78 is 0. The van der Waals surface area contributed by atoms with Crippen LogP contribution < -0.4 is 5.11 Å². The van der Waals surface area contributed by atoms with Gasteiger partial charge in [0.25, 0.3) is 0 Å². The Morgan fingerprint density at radius 1 is 1.03 bits per heavy atom. The van der Waals surface area contributed by atoms with Gasteiger partial charge < -0.3 is 14.8 Å². The van der Waals surface area contributed by atoms with Crippen LogP contribution >= 0.6 is 23.2 Å². The maximum absolute atomic E-state index is 13.3. The van der Waals surface area contributed by atoms with Crippen molar-refractivity contribution in [3.05, 3.63) is 69.7 Å². The quantitative estimate of drug-likeness (QED) is 0.688. The lowest BCUT2D eigenvalue weighted by atomic mass is 9.75. The first-order valence-electron chi connectivity index (χ1n) is 9.93. The van der Waals surface area contributed by atoms with E-state index >= 15 is 0 Å². The number of amides is 1. The SMILES string of the molecule is O=C([O-])C[C@H]1C[C@H](c2cccc(Cl)c2)[C@@H](c2ccc(Cl)cc2)N(CC2CC2)C1=O. The van der Waals surface area contributed by atoms with Crippen molar-refractivity contribution in [2.45, 2.75) is 37.6 Å². The molecular weight excluding hydrogens is 409 g/mol. The number of hydrogen-bond acceptors (Lipinski definition) is 3. The van der Waals surface area contributed by atoms with Crippen LogP contribution in [0.25, 0.3) is 0 Å². The van der Waals surface area contributed by atoms with E-state index in [0.717, 1.165) is 24.0 Å². The molecule has 0 spiro atoms. The summed E-state index contributed by atoms with van der Waals surface area (Å²) in [5.74, 6) is -1.46. The molecule has 2 fully saturated rings. The van der Waals surface area contributed by atoms with Crippen LogP contribution in [0.5, 0.6) is 0 Å². The molecule has 1 heterocycles. The predicted molar refractivity (Wildman–Crippen MR) is 111 cm³/mol. The van der Waals surface area contributed by atoms with Crippen molar-refractivity contribution in [3.63, 3.8) is 0 Å². The Hall–Kier alpha value is -2.04. The first-order chi connectivity index (χ1) is 13.9. The molecule has 0 unspecified atom stereocenters. The van der Waals surface area contributed by atoms with Gasteiger partial charge in [-0.3, -0.25) is 4.79 Å². The van der Waals surface area contributed by atoms with E-state index in [1.54, 1.807) is 0 Å². The summed E-state index contributed by atoms with van der Waals surface area (Å²) in [6, 6.07) is 15.0. The fourth-order valence-electron chi connectivity index (χ4n) is 4.41. The van der Waals surface area contributed by atoms with Crippen molar-refractivity contribution in [2.24, 2.45) is 11.8 Å². The molecule has 1 aliphatic heterocycles. The largest absolute Gasteiger partial charge is 0.550 e. The number of carboxylic acids is 1. The summed E-state index contributed by atoms with van der Waals surface area (Å²) in [7, 11) is 0. The number of carbonyl (C=O) groups excluding carboxylic acids is 2. The third-order valence-electron chi connectivity index (χ3n) is 5.94. The first kappa shape index (κ1) is 20.2. The Bertz CT molecular complexity index is 911. The van der Waals surface area contributed by atoms with Crippen LogP contribution in [0.1, 0.15) is 48.8 Å². The minimum absolute atomic E-state index is 0.0596. The lowest BCUT2D eigenvalue weighted by Crippen LogP contribution is -2.48. The fraction of sp³-hybridized carbons (Fsp3) is 0.391. The predicted octanol–water partition coefficient (Wildman–Crippen LogP) is 4.22. The fourth-order valence-corrected chi connectivity index (χ4v) is 4.73. The smallest absolute Gasteiger partial charge is 0.226 e. The van der Waals surface area contributed by atoms with E-state index in [1.165, 1.54) is 0 Å². The van der Waals surface area contributed by atoms with E-state index in [-0.39, 0.29) is 24.3 Å². The molecule has 3 atom stereocenters. The van der Waals surface area contributed by atoms with Crippen molar-refractivity contribution in [3.8, 4) is 0 Å². The number of benzene rings is 2. The minimum Gasteiger partial charge on any atom is -0.550 e. The lowest BCUT2D eigenvalue weighted by Gasteiger charge is -2.45. The average molecular weight is 431 g/mol. The molecule has 0 bridgehead atoms. The maximum atomic E-state index is 13.3. The van der Waals surface area contributed by atoms with E-state index in [9.17, 15) is 14.7 Å². The molecule has 2 aromatic rings. The normalized spacial score (nSPS) is 24.6. The molecule has 2 aromatic carbocycles. The highest BCUT2D eigenvalue weighted by Gasteiger charge is 2.44. The third-order valence-corrected chi connectivity index (χ3v) is 6.43. The topological polar surface area (TPSA) is 60.4 Å². The Morgan fingerprint density at radius 2 is 1.76 bits per heavy atom. The Kier molecular flexibility index (Phi) is 5.84. The molecule has 0 aromatic heterocycles. The zero-order valence-corrected chi connectivity index (χ0v) is 17.4. The number of likely N-dealkylation sites (tertiary alicyclic amines) is 1. The van der Waals surface area contributed by atoms with Gasteiger partial charge >= 0.3 is 0 Å². The van der Waals surface area contributed by atoms with Crippen LogP contribution in [0.15, 0.2) is 48.5 Å². The standard InChI is InChI=1S/C23H23Cl2NO3/c24-18-8-6-15(7-9-18)22-20(16-2-1-3-19(25)10-16)11-17(12-21(27)28)23(29)26(22)13-14-4-5-14/h1-3,6-10,14,17,20,22H,4-5,11-13H2,(H,27,28)/p-1/t17-,20-,22-/m1/s1. The van der Waals surface area contributed by atoms with Gasteiger partial charge in [0.1, 0.15) is 0 Å². The highest BCUT2D eigenvalue weighted by Crippen LogP contribution is 2.47. The number of aliphatic carboxylic acids is 1. The molecule has 152 valence electrons. The summed E-state index contributed by atoms with van der Waals surface area (Å²) >= 11 is 12.4. The highest BCUT2D eigenvalue weighted by atomic mass is 35.5. The van der Waals surface area contributed by atoms with Crippen molar-refractivity contribution in [2.75, 3.05) is 6.54 Å². The maximum Gasteiger partial charge on any atom is 0.226 e. The molecule has 4 rings (SSSR count). The van der Waals surface area contributed by atoms with Crippen molar-refractivity contribution in [1.29, 1.82) is 0 Å². The summed E-state index contributed by atoms with van der Waals surface area (Å²) in [5, 5.41) is 12.6. The number of rotatable bonds is 6. The molecule has 1 aliphatic carbocycles. The summed E-state index contributed by atoms with van der Waals surface area (Å²) in [6.07, 6.45) is 2.39. The van der Waals surface area contributed by atoms with Gasteiger partial charge in [0.2, 0.25) is 5.91 Å². The van der Waals surface area contributed by atoms with Gasteiger partial charge in [-0.25, -0.2) is 0 Å². The lowest BCUT2D eigenvalue weighted by molar-refractivity contribution is -0.306. The zero-order valence-electron chi connectivity index (χ0n) is 15.9. The van der Waals surface area contributed by atoms with Crippen LogP contribution in [0.4, 0.5) is 0 Å². The molecule has 0 radical (unpaired) electrons. The molecule has 0 N–H and O–H groups in total. The molecule has 1 saturated carbocycles. The Balaban J connectivity index is 1.78. The average Bonchev–Trinajstić information content (AvgIpc) is 3.49. The van der Waals surface area contributed by atoms with E-state index in [4.69, 9.17) is 23.2 Å². The van der Waals surface area contributed by atoms with Crippen LogP contribution in [-0.2, 0) is 9.59 Å². The van der Waals surface area contributed by atoms with E-state index in [2.05, 4.69) is 0 Å². The number of nitrogens with zero attached hydrogens (tertiary/aromatic N) is 1. The van der Waals surface area contributed by atoms with Gasteiger partial charge in [-0.1, -0.05) is 47.5 Å². The third kappa shape index (κ3) is 4.59. The van der Waals surface area contributed by atoms with E-state index in [0.29, 0.717) is 28.9 Å². The summed E-state index contributed by atoms with van der Waals surface area (Å²) in [5.41, 5.74) is 2.01.